The Morgan fingerprint density at radius 2 is 2.05 bits per heavy atom. The molecular weight excluding hydrogens is 301 g/mol. The zero-order valence-electron chi connectivity index (χ0n) is 11.7. The molecule has 0 bridgehead atoms. The number of hydrogen-bond donors (Lipinski definition) is 1. The molecule has 0 spiro atoms. The van der Waals surface area contributed by atoms with Crippen molar-refractivity contribution in [3.8, 4) is 6.07 Å². The molecule has 1 N–H and O–H groups in total. The van der Waals surface area contributed by atoms with E-state index in [0.717, 1.165) is 6.07 Å². The number of hydrogen-bond acceptors (Lipinski definition) is 5. The van der Waals surface area contributed by atoms with E-state index in [0.29, 0.717) is 6.07 Å². The van der Waals surface area contributed by atoms with Gasteiger partial charge in [0.15, 0.2) is 0 Å². The van der Waals surface area contributed by atoms with Gasteiger partial charge in [-0.1, -0.05) is 0 Å². The average molecular weight is 315 g/mol. The van der Waals surface area contributed by atoms with Gasteiger partial charge in [-0.05, 0) is 32.4 Å². The highest BCUT2D eigenvalue weighted by Crippen LogP contribution is 2.25. The molecule has 0 saturated carbocycles. The number of nitrogens with one attached hydrogen (secondary N) is 1. The molecule has 0 unspecified atom stereocenters. The molecule has 0 radical (unpaired) electrons. The zero-order valence-corrected chi connectivity index (χ0v) is 12.5. The standard InChI is InChI=1S/C12H14FN3O4S/c1-8-4-9(13)10(16(17)18)5-11(8)21(19,20)15-7-12(2,3)6-14/h4-5,15H,7H2,1-3H3. The maximum atomic E-state index is 13.4. The highest BCUT2D eigenvalue weighted by Gasteiger charge is 2.26. The van der Waals surface area contributed by atoms with E-state index < -0.39 is 31.9 Å². The van der Waals surface area contributed by atoms with E-state index >= 15 is 0 Å². The Morgan fingerprint density at radius 1 is 1.48 bits per heavy atom. The average Bonchev–Trinajstić information content (AvgIpc) is 2.36. The number of nitro groups is 1. The number of sulfonamides is 1. The third-order valence-corrected chi connectivity index (χ3v) is 4.28. The van der Waals surface area contributed by atoms with Crippen molar-refractivity contribution in [2.45, 2.75) is 25.7 Å². The van der Waals surface area contributed by atoms with Crippen LogP contribution < -0.4 is 4.72 Å². The molecule has 0 fully saturated rings. The molecule has 114 valence electrons. The van der Waals surface area contributed by atoms with Crippen LogP contribution in [-0.4, -0.2) is 19.9 Å². The summed E-state index contributed by atoms with van der Waals surface area (Å²) in [6.45, 7) is 4.23. The minimum atomic E-state index is -4.08. The molecule has 0 aliphatic heterocycles. The van der Waals surface area contributed by atoms with E-state index in [4.69, 9.17) is 5.26 Å². The lowest BCUT2D eigenvalue weighted by atomic mass is 9.97. The second-order valence-corrected chi connectivity index (χ2v) is 6.88. The molecule has 0 amide bonds. The van der Waals surface area contributed by atoms with Gasteiger partial charge in [-0.15, -0.1) is 0 Å². The summed E-state index contributed by atoms with van der Waals surface area (Å²) in [5, 5.41) is 19.5. The minimum absolute atomic E-state index is 0.0420. The lowest BCUT2D eigenvalue weighted by Gasteiger charge is -2.16. The first-order chi connectivity index (χ1) is 9.50. The van der Waals surface area contributed by atoms with Crippen LogP contribution in [0.3, 0.4) is 0 Å². The molecule has 0 aliphatic carbocycles. The molecule has 21 heavy (non-hydrogen) atoms. The van der Waals surface area contributed by atoms with E-state index in [9.17, 15) is 22.9 Å². The third kappa shape index (κ3) is 3.96. The van der Waals surface area contributed by atoms with Crippen molar-refractivity contribution in [3.63, 3.8) is 0 Å². The van der Waals surface area contributed by atoms with Crippen LogP contribution in [-0.2, 0) is 10.0 Å². The summed E-state index contributed by atoms with van der Waals surface area (Å²) in [7, 11) is -4.08. The summed E-state index contributed by atoms with van der Waals surface area (Å²) in [5.74, 6) is -1.10. The second kappa shape index (κ2) is 5.75. The van der Waals surface area contributed by atoms with Gasteiger partial charge in [0.05, 0.1) is 21.3 Å². The van der Waals surface area contributed by atoms with Crippen LogP contribution in [0.2, 0.25) is 0 Å². The smallest absolute Gasteiger partial charge is 0.258 e. The summed E-state index contributed by atoms with van der Waals surface area (Å²) in [6, 6.07) is 3.39. The molecule has 0 saturated heterocycles. The Bertz CT molecular complexity index is 723. The predicted octanol–water partition coefficient (Wildman–Crippen LogP) is 1.87. The van der Waals surface area contributed by atoms with Crippen molar-refractivity contribution >= 4 is 15.7 Å². The number of nitriles is 1. The molecule has 9 heteroatoms. The van der Waals surface area contributed by atoms with Gasteiger partial charge in [0, 0.05) is 12.6 Å². The van der Waals surface area contributed by atoms with Crippen LogP contribution in [0, 0.1) is 39.6 Å². The van der Waals surface area contributed by atoms with E-state index in [1.807, 2.05) is 6.07 Å². The van der Waals surface area contributed by atoms with E-state index in [1.54, 1.807) is 0 Å². The van der Waals surface area contributed by atoms with Gasteiger partial charge in [-0.25, -0.2) is 13.1 Å². The van der Waals surface area contributed by atoms with E-state index in [2.05, 4.69) is 4.72 Å². The van der Waals surface area contributed by atoms with Crippen molar-refractivity contribution in [2.75, 3.05) is 6.54 Å². The summed E-state index contributed by atoms with van der Waals surface area (Å²) in [6.07, 6.45) is 0. The van der Waals surface area contributed by atoms with Gasteiger partial charge in [0.1, 0.15) is 0 Å². The normalized spacial score (nSPS) is 12.0. The molecule has 0 aliphatic rings. The topological polar surface area (TPSA) is 113 Å². The third-order valence-electron chi connectivity index (χ3n) is 2.74. The van der Waals surface area contributed by atoms with Crippen LogP contribution in [0.4, 0.5) is 10.1 Å². The first-order valence-corrected chi connectivity index (χ1v) is 7.34. The van der Waals surface area contributed by atoms with Crippen LogP contribution in [0.1, 0.15) is 19.4 Å². The lowest BCUT2D eigenvalue weighted by molar-refractivity contribution is -0.387. The van der Waals surface area contributed by atoms with E-state index in [-0.39, 0.29) is 17.0 Å². The van der Waals surface area contributed by atoms with Crippen molar-refractivity contribution in [2.24, 2.45) is 5.41 Å². The number of halogens is 1. The fourth-order valence-corrected chi connectivity index (χ4v) is 2.92. The number of nitrogens with zero attached hydrogens (tertiary/aromatic N) is 2. The van der Waals surface area contributed by atoms with E-state index in [1.165, 1.54) is 20.8 Å². The Morgan fingerprint density at radius 3 is 2.52 bits per heavy atom. The first kappa shape index (κ1) is 17.0. The number of rotatable bonds is 5. The Kier molecular flexibility index (Phi) is 4.65. The molecular formula is C12H14FN3O4S. The largest absolute Gasteiger partial charge is 0.306 e. The molecule has 1 rings (SSSR count). The highest BCUT2D eigenvalue weighted by molar-refractivity contribution is 7.89. The fourth-order valence-electron chi connectivity index (χ4n) is 1.46. The maximum absolute atomic E-state index is 13.4. The van der Waals surface area contributed by atoms with Gasteiger partial charge in [-0.3, -0.25) is 10.1 Å². The van der Waals surface area contributed by atoms with Gasteiger partial charge in [0.25, 0.3) is 0 Å². The van der Waals surface area contributed by atoms with Gasteiger partial charge in [0.2, 0.25) is 15.8 Å². The SMILES string of the molecule is Cc1cc(F)c([N+](=O)[O-])cc1S(=O)(=O)NCC(C)(C)C#N. The summed E-state index contributed by atoms with van der Waals surface area (Å²) in [5.41, 5.74) is -1.81. The Labute approximate surface area is 121 Å². The first-order valence-electron chi connectivity index (χ1n) is 5.85. The van der Waals surface area contributed by atoms with Crippen LogP contribution in [0.15, 0.2) is 17.0 Å². The number of benzene rings is 1. The van der Waals surface area contributed by atoms with Gasteiger partial charge >= 0.3 is 5.69 Å². The van der Waals surface area contributed by atoms with Crippen LogP contribution >= 0.6 is 0 Å². The summed E-state index contributed by atoms with van der Waals surface area (Å²) in [4.78, 5) is 9.31. The minimum Gasteiger partial charge on any atom is -0.258 e. The van der Waals surface area contributed by atoms with Crippen LogP contribution in [0.5, 0.6) is 0 Å². The molecule has 1 aromatic carbocycles. The fraction of sp³-hybridized carbons (Fsp3) is 0.417. The Balaban J connectivity index is 3.24. The van der Waals surface area contributed by atoms with Crippen molar-refractivity contribution in [3.05, 3.63) is 33.6 Å². The molecule has 0 heterocycles. The zero-order chi connectivity index (χ0) is 16.4. The lowest BCUT2D eigenvalue weighted by Crippen LogP contribution is -2.33. The number of nitro benzene ring substituents is 1. The van der Waals surface area contributed by atoms with Crippen LogP contribution in [0.25, 0.3) is 0 Å². The molecule has 0 aromatic heterocycles. The monoisotopic (exact) mass is 315 g/mol. The highest BCUT2D eigenvalue weighted by atomic mass is 32.2. The summed E-state index contributed by atoms with van der Waals surface area (Å²) >= 11 is 0. The van der Waals surface area contributed by atoms with Gasteiger partial charge in [-0.2, -0.15) is 9.65 Å². The molecule has 0 atom stereocenters. The van der Waals surface area contributed by atoms with Crippen molar-refractivity contribution < 1.29 is 17.7 Å². The molecule has 1 aromatic rings. The summed E-state index contributed by atoms with van der Waals surface area (Å²) < 4.78 is 39.9. The van der Waals surface area contributed by atoms with Crippen molar-refractivity contribution in [1.29, 1.82) is 5.26 Å². The maximum Gasteiger partial charge on any atom is 0.306 e. The quantitative estimate of drug-likeness (QED) is 0.658. The predicted molar refractivity (Wildman–Crippen MR) is 72.4 cm³/mol. The molecule has 7 nitrogen and oxygen atoms in total. The van der Waals surface area contributed by atoms with Crippen molar-refractivity contribution in [1.82, 2.24) is 4.72 Å². The number of aryl methyl sites for hydroxylation is 1. The second-order valence-electron chi connectivity index (χ2n) is 5.15. The Hall–Kier alpha value is -2.05. The van der Waals surface area contributed by atoms with Gasteiger partial charge < -0.3 is 0 Å².